The maximum atomic E-state index is 10.3. The van der Waals surface area contributed by atoms with Crippen LogP contribution in [0.1, 0.15) is 33.1 Å². The molecule has 3 N–H and O–H groups in total. The zero-order valence-corrected chi connectivity index (χ0v) is 9.44. The summed E-state index contributed by atoms with van der Waals surface area (Å²) in [5.74, 6) is -0.951. The average molecular weight is 219 g/mol. The molecule has 5 nitrogen and oxygen atoms in total. The number of carboxylic acids is 1. The molecule has 1 saturated heterocycles. The van der Waals surface area contributed by atoms with Gasteiger partial charge in [-0.15, -0.1) is 0 Å². The molecule has 0 aliphatic carbocycles. The van der Waals surface area contributed by atoms with Crippen molar-refractivity contribution in [2.45, 2.75) is 45.4 Å². The van der Waals surface area contributed by atoms with Gasteiger partial charge in [0.1, 0.15) is 6.04 Å². The van der Waals surface area contributed by atoms with Crippen molar-refractivity contribution < 1.29 is 19.4 Å². The fourth-order valence-corrected chi connectivity index (χ4v) is 1.20. The number of carboxylic acid groups (broad SMARTS) is 1. The molecule has 1 aliphatic heterocycles. The molecule has 0 bridgehead atoms. The van der Waals surface area contributed by atoms with Crippen molar-refractivity contribution in [3.63, 3.8) is 0 Å². The summed E-state index contributed by atoms with van der Waals surface area (Å²) in [5.41, 5.74) is 5.32. The van der Waals surface area contributed by atoms with Gasteiger partial charge in [0.2, 0.25) is 0 Å². The van der Waals surface area contributed by atoms with Crippen molar-refractivity contribution in [3.8, 4) is 0 Å². The Labute approximate surface area is 90.5 Å². The third kappa shape index (κ3) is 6.43. The summed E-state index contributed by atoms with van der Waals surface area (Å²) in [4.78, 5) is 10.3. The third-order valence-corrected chi connectivity index (χ3v) is 1.96. The van der Waals surface area contributed by atoms with Crippen LogP contribution in [-0.2, 0) is 14.3 Å². The van der Waals surface area contributed by atoms with Crippen molar-refractivity contribution in [1.82, 2.24) is 0 Å². The molecule has 1 rings (SSSR count). The van der Waals surface area contributed by atoms with Gasteiger partial charge in [0.05, 0.1) is 13.2 Å². The van der Waals surface area contributed by atoms with Gasteiger partial charge in [0, 0.05) is 0 Å². The monoisotopic (exact) mass is 219 g/mol. The zero-order chi connectivity index (χ0) is 11.7. The second kappa shape index (κ2) is 8.64. The van der Waals surface area contributed by atoms with Gasteiger partial charge < -0.3 is 20.3 Å². The Bertz CT molecular complexity index is 169. The number of rotatable bonds is 5. The van der Waals surface area contributed by atoms with E-state index in [0.717, 1.165) is 12.8 Å². The molecule has 5 heteroatoms. The van der Waals surface area contributed by atoms with Crippen LogP contribution in [0.3, 0.4) is 0 Å². The van der Waals surface area contributed by atoms with E-state index in [1.165, 1.54) is 0 Å². The van der Waals surface area contributed by atoms with Gasteiger partial charge in [-0.05, 0) is 19.3 Å². The first-order valence-corrected chi connectivity index (χ1v) is 5.41. The van der Waals surface area contributed by atoms with E-state index in [0.29, 0.717) is 19.6 Å². The van der Waals surface area contributed by atoms with Crippen LogP contribution in [0.2, 0.25) is 0 Å². The van der Waals surface area contributed by atoms with Crippen LogP contribution in [-0.4, -0.2) is 36.6 Å². The summed E-state index contributed by atoms with van der Waals surface area (Å²) in [6.07, 6.45) is 1.76. The minimum atomic E-state index is -0.951. The molecule has 0 amide bonds. The molecule has 1 unspecified atom stereocenters. The molecule has 0 aromatic rings. The molecule has 90 valence electrons. The van der Waals surface area contributed by atoms with Crippen LogP contribution in [0, 0.1) is 0 Å². The lowest BCUT2D eigenvalue weighted by Gasteiger charge is -2.09. The second-order valence-corrected chi connectivity index (χ2v) is 3.05. The summed E-state index contributed by atoms with van der Waals surface area (Å²) in [6, 6.07) is -0.763. The lowest BCUT2D eigenvalue weighted by atomic mass is 10.1. The Morgan fingerprint density at radius 3 is 2.47 bits per heavy atom. The van der Waals surface area contributed by atoms with Crippen LogP contribution < -0.4 is 5.73 Å². The standard InChI is InChI=1S/C8H15NO4.C2H6/c9-6(8(10)11)2-1-3-7-12-4-5-13-7;1-2/h6-7H,1-5,9H2,(H,10,11);1-2H3. The minimum Gasteiger partial charge on any atom is -0.480 e. The lowest BCUT2D eigenvalue weighted by molar-refractivity contribution is -0.138. The molecule has 0 aromatic heterocycles. The first kappa shape index (κ1) is 14.3. The van der Waals surface area contributed by atoms with Crippen LogP contribution in [0.15, 0.2) is 0 Å². The molecule has 15 heavy (non-hydrogen) atoms. The van der Waals surface area contributed by atoms with Gasteiger partial charge in [-0.2, -0.15) is 0 Å². The summed E-state index contributed by atoms with van der Waals surface area (Å²) in [5, 5.41) is 8.49. The number of hydrogen-bond acceptors (Lipinski definition) is 4. The van der Waals surface area contributed by atoms with Crippen LogP contribution in [0.4, 0.5) is 0 Å². The van der Waals surface area contributed by atoms with Crippen LogP contribution in [0.25, 0.3) is 0 Å². The Morgan fingerprint density at radius 2 is 2.00 bits per heavy atom. The maximum Gasteiger partial charge on any atom is 0.320 e. The number of nitrogens with two attached hydrogens (primary N) is 1. The molecular formula is C10H21NO4. The van der Waals surface area contributed by atoms with E-state index < -0.39 is 12.0 Å². The zero-order valence-electron chi connectivity index (χ0n) is 9.44. The van der Waals surface area contributed by atoms with Crippen molar-refractivity contribution in [1.29, 1.82) is 0 Å². The highest BCUT2D eigenvalue weighted by atomic mass is 16.7. The predicted molar refractivity (Wildman–Crippen MR) is 56.5 cm³/mol. The average Bonchev–Trinajstić information content (AvgIpc) is 2.73. The highest BCUT2D eigenvalue weighted by molar-refractivity contribution is 5.72. The van der Waals surface area contributed by atoms with Crippen LogP contribution >= 0.6 is 0 Å². The van der Waals surface area contributed by atoms with E-state index in [1.54, 1.807) is 0 Å². The first-order chi connectivity index (χ1) is 7.20. The molecule has 0 aromatic carbocycles. The van der Waals surface area contributed by atoms with E-state index in [-0.39, 0.29) is 6.29 Å². The van der Waals surface area contributed by atoms with Crippen LogP contribution in [0.5, 0.6) is 0 Å². The van der Waals surface area contributed by atoms with E-state index >= 15 is 0 Å². The highest BCUT2D eigenvalue weighted by Gasteiger charge is 2.17. The third-order valence-electron chi connectivity index (χ3n) is 1.96. The summed E-state index contributed by atoms with van der Waals surface area (Å²) in [6.45, 7) is 5.27. The van der Waals surface area contributed by atoms with Gasteiger partial charge in [-0.25, -0.2) is 0 Å². The van der Waals surface area contributed by atoms with E-state index in [2.05, 4.69) is 0 Å². The number of aliphatic carboxylic acids is 1. The lowest BCUT2D eigenvalue weighted by Crippen LogP contribution is -2.30. The molecule has 0 spiro atoms. The maximum absolute atomic E-state index is 10.3. The van der Waals surface area contributed by atoms with Gasteiger partial charge in [-0.3, -0.25) is 4.79 Å². The molecule has 1 fully saturated rings. The van der Waals surface area contributed by atoms with Crippen molar-refractivity contribution >= 4 is 5.97 Å². The molecule has 1 heterocycles. The number of ether oxygens (including phenoxy) is 2. The predicted octanol–water partition coefficient (Wildman–Crippen LogP) is 0.968. The largest absolute Gasteiger partial charge is 0.480 e. The van der Waals surface area contributed by atoms with Gasteiger partial charge >= 0.3 is 5.97 Å². The van der Waals surface area contributed by atoms with E-state index in [4.69, 9.17) is 20.3 Å². The fraction of sp³-hybridized carbons (Fsp3) is 0.900. The summed E-state index contributed by atoms with van der Waals surface area (Å²) < 4.78 is 10.4. The molecule has 1 aliphatic rings. The van der Waals surface area contributed by atoms with E-state index in [1.807, 2.05) is 13.8 Å². The van der Waals surface area contributed by atoms with Crippen molar-refractivity contribution in [2.75, 3.05) is 13.2 Å². The van der Waals surface area contributed by atoms with Gasteiger partial charge in [0.15, 0.2) is 6.29 Å². The molecular weight excluding hydrogens is 198 g/mol. The smallest absolute Gasteiger partial charge is 0.320 e. The second-order valence-electron chi connectivity index (χ2n) is 3.05. The van der Waals surface area contributed by atoms with Gasteiger partial charge in [0.25, 0.3) is 0 Å². The Balaban J connectivity index is 0.000000921. The van der Waals surface area contributed by atoms with E-state index in [9.17, 15) is 4.79 Å². The Morgan fingerprint density at radius 1 is 1.47 bits per heavy atom. The highest BCUT2D eigenvalue weighted by Crippen LogP contribution is 2.12. The fourth-order valence-electron chi connectivity index (χ4n) is 1.20. The number of hydrogen-bond donors (Lipinski definition) is 2. The normalized spacial score (nSPS) is 18.1. The molecule has 0 radical (unpaired) electrons. The minimum absolute atomic E-state index is 0.152. The van der Waals surface area contributed by atoms with Crippen molar-refractivity contribution in [2.24, 2.45) is 5.73 Å². The summed E-state index contributed by atoms with van der Waals surface area (Å²) >= 11 is 0. The molecule has 1 atom stereocenters. The summed E-state index contributed by atoms with van der Waals surface area (Å²) in [7, 11) is 0. The topological polar surface area (TPSA) is 81.8 Å². The SMILES string of the molecule is CC.NC(CCCC1OCCO1)C(=O)O. The van der Waals surface area contributed by atoms with Gasteiger partial charge in [-0.1, -0.05) is 13.8 Å². The Hall–Kier alpha value is -0.650. The quantitative estimate of drug-likeness (QED) is 0.720. The number of carbonyl (C=O) groups is 1. The first-order valence-electron chi connectivity index (χ1n) is 5.41. The molecule has 0 saturated carbocycles. The van der Waals surface area contributed by atoms with Crippen molar-refractivity contribution in [3.05, 3.63) is 0 Å². The Kier molecular flexibility index (Phi) is 8.27.